The quantitative estimate of drug-likeness (QED) is 0.574. The molecule has 0 fully saturated rings. The maximum atomic E-state index is 13.8. The van der Waals surface area contributed by atoms with E-state index in [1.807, 2.05) is 0 Å². The van der Waals surface area contributed by atoms with Crippen molar-refractivity contribution in [1.29, 1.82) is 0 Å². The maximum Gasteiger partial charge on any atom is 0.178 e. The molecule has 24 heavy (non-hydrogen) atoms. The summed E-state index contributed by atoms with van der Waals surface area (Å²) in [5, 5.41) is -0.187. The topological polar surface area (TPSA) is 35.5 Å². The fourth-order valence-electron chi connectivity index (χ4n) is 2.29. The van der Waals surface area contributed by atoms with E-state index < -0.39 is 22.7 Å². The number of rotatable bonds is 4. The minimum absolute atomic E-state index is 0.148. The van der Waals surface area contributed by atoms with Crippen molar-refractivity contribution in [2.45, 2.75) is 17.1 Å². The van der Waals surface area contributed by atoms with Crippen molar-refractivity contribution in [2.75, 3.05) is 13.2 Å². The lowest BCUT2D eigenvalue weighted by Crippen LogP contribution is -2.16. The molecule has 7 heteroatoms. The predicted molar refractivity (Wildman–Crippen MR) is 88.4 cm³/mol. The summed E-state index contributed by atoms with van der Waals surface area (Å²) in [7, 11) is 0. The average molecular weight is 371 g/mol. The van der Waals surface area contributed by atoms with E-state index >= 15 is 0 Å². The number of halogens is 3. The van der Waals surface area contributed by atoms with E-state index in [0.717, 1.165) is 12.1 Å². The first kappa shape index (κ1) is 17.0. The first-order valence-electron chi connectivity index (χ1n) is 7.21. The van der Waals surface area contributed by atoms with Crippen molar-refractivity contribution in [3.05, 3.63) is 52.6 Å². The van der Waals surface area contributed by atoms with E-state index in [1.54, 1.807) is 19.1 Å². The van der Waals surface area contributed by atoms with E-state index in [1.165, 1.54) is 11.8 Å². The lowest BCUT2D eigenvalue weighted by molar-refractivity contribution is 0.0990. The number of thioether (sulfide) groups is 1. The molecule has 0 aromatic heterocycles. The summed E-state index contributed by atoms with van der Waals surface area (Å²) in [6.07, 6.45) is 0. The van der Waals surface area contributed by atoms with Crippen LogP contribution in [0.5, 0.6) is 11.5 Å². The standard InChI is InChI=1S/C17H13ClF2O3S/c1-9(17(21)11-3-2-10(19)6-13(11)20)24-16-8-15-14(7-12(16)18)22-4-5-23-15/h2-3,6-9H,4-5H2,1H3. The van der Waals surface area contributed by atoms with Crippen molar-refractivity contribution in [3.63, 3.8) is 0 Å². The molecule has 0 saturated carbocycles. The van der Waals surface area contributed by atoms with E-state index in [-0.39, 0.29) is 5.56 Å². The number of hydrogen-bond acceptors (Lipinski definition) is 4. The summed E-state index contributed by atoms with van der Waals surface area (Å²) in [6.45, 7) is 2.53. The molecular weight excluding hydrogens is 358 g/mol. The molecule has 0 amide bonds. The molecule has 0 N–H and O–H groups in total. The van der Waals surface area contributed by atoms with Gasteiger partial charge in [0.05, 0.1) is 15.8 Å². The van der Waals surface area contributed by atoms with Crippen LogP contribution in [0.2, 0.25) is 5.02 Å². The van der Waals surface area contributed by atoms with Crippen LogP contribution >= 0.6 is 23.4 Å². The number of ether oxygens (including phenoxy) is 2. The van der Waals surface area contributed by atoms with Crippen molar-refractivity contribution in [3.8, 4) is 11.5 Å². The van der Waals surface area contributed by atoms with Crippen molar-refractivity contribution in [1.82, 2.24) is 0 Å². The number of fused-ring (bicyclic) bond motifs is 1. The third-order valence-electron chi connectivity index (χ3n) is 3.47. The maximum absolute atomic E-state index is 13.8. The second-order valence-electron chi connectivity index (χ2n) is 5.17. The molecule has 126 valence electrons. The zero-order valence-corrected chi connectivity index (χ0v) is 14.2. The number of ketones is 1. The van der Waals surface area contributed by atoms with Gasteiger partial charge in [-0.3, -0.25) is 4.79 Å². The van der Waals surface area contributed by atoms with Gasteiger partial charge in [0.1, 0.15) is 24.8 Å². The van der Waals surface area contributed by atoms with Crippen LogP contribution in [0.15, 0.2) is 35.2 Å². The van der Waals surface area contributed by atoms with Gasteiger partial charge in [0.25, 0.3) is 0 Å². The summed E-state index contributed by atoms with van der Waals surface area (Å²) >= 11 is 7.40. The van der Waals surface area contributed by atoms with Crippen LogP contribution in [-0.4, -0.2) is 24.2 Å². The SMILES string of the molecule is CC(Sc1cc2c(cc1Cl)OCCO2)C(=O)c1ccc(F)cc1F. The molecule has 2 aromatic rings. The Morgan fingerprint density at radius 1 is 1.17 bits per heavy atom. The second-order valence-corrected chi connectivity index (χ2v) is 6.96. The highest BCUT2D eigenvalue weighted by Crippen LogP contribution is 2.41. The van der Waals surface area contributed by atoms with Gasteiger partial charge in [-0.25, -0.2) is 8.78 Å². The summed E-state index contributed by atoms with van der Waals surface area (Å²) in [4.78, 5) is 13.0. The minimum Gasteiger partial charge on any atom is -0.486 e. The molecule has 1 aliphatic rings. The van der Waals surface area contributed by atoms with Gasteiger partial charge in [-0.15, -0.1) is 11.8 Å². The molecule has 1 aliphatic heterocycles. The Morgan fingerprint density at radius 3 is 2.50 bits per heavy atom. The van der Waals surface area contributed by atoms with Crippen LogP contribution in [0.4, 0.5) is 8.78 Å². The summed E-state index contributed by atoms with van der Waals surface area (Å²) in [6, 6.07) is 6.24. The Hall–Kier alpha value is -1.79. The highest BCUT2D eigenvalue weighted by Gasteiger charge is 2.23. The van der Waals surface area contributed by atoms with Gasteiger partial charge >= 0.3 is 0 Å². The Kier molecular flexibility index (Phi) is 4.96. The van der Waals surface area contributed by atoms with Gasteiger partial charge in [-0.1, -0.05) is 11.6 Å². The molecule has 0 radical (unpaired) electrons. The zero-order chi connectivity index (χ0) is 17.3. The highest BCUT2D eigenvalue weighted by molar-refractivity contribution is 8.00. The average Bonchev–Trinajstić information content (AvgIpc) is 2.55. The van der Waals surface area contributed by atoms with Crippen LogP contribution in [0.3, 0.4) is 0 Å². The summed E-state index contributed by atoms with van der Waals surface area (Å²) in [5.41, 5.74) is -0.148. The Morgan fingerprint density at radius 2 is 1.83 bits per heavy atom. The minimum atomic E-state index is -0.874. The molecule has 1 heterocycles. The van der Waals surface area contributed by atoms with Crippen molar-refractivity contribution in [2.24, 2.45) is 0 Å². The van der Waals surface area contributed by atoms with E-state index in [4.69, 9.17) is 21.1 Å². The normalized spacial score (nSPS) is 14.3. The predicted octanol–water partition coefficient (Wildman–Crippen LogP) is 4.75. The zero-order valence-electron chi connectivity index (χ0n) is 12.6. The molecule has 0 aliphatic carbocycles. The molecule has 2 aromatic carbocycles. The van der Waals surface area contributed by atoms with Crippen molar-refractivity contribution >= 4 is 29.1 Å². The Labute approximate surface area is 146 Å². The molecule has 0 bridgehead atoms. The van der Waals surface area contributed by atoms with Crippen LogP contribution in [-0.2, 0) is 0 Å². The third kappa shape index (κ3) is 3.49. The van der Waals surface area contributed by atoms with E-state index in [0.29, 0.717) is 40.7 Å². The number of hydrogen-bond donors (Lipinski definition) is 0. The van der Waals surface area contributed by atoms with Gasteiger partial charge in [-0.05, 0) is 25.1 Å². The second kappa shape index (κ2) is 6.99. The lowest BCUT2D eigenvalue weighted by atomic mass is 10.1. The molecule has 1 atom stereocenters. The first-order chi connectivity index (χ1) is 11.5. The van der Waals surface area contributed by atoms with Crippen LogP contribution in [0.25, 0.3) is 0 Å². The fourth-order valence-corrected chi connectivity index (χ4v) is 3.54. The van der Waals surface area contributed by atoms with Crippen LogP contribution in [0.1, 0.15) is 17.3 Å². The van der Waals surface area contributed by atoms with E-state index in [2.05, 4.69) is 0 Å². The van der Waals surface area contributed by atoms with Crippen LogP contribution < -0.4 is 9.47 Å². The molecule has 1 unspecified atom stereocenters. The first-order valence-corrected chi connectivity index (χ1v) is 8.46. The smallest absolute Gasteiger partial charge is 0.178 e. The Bertz CT molecular complexity index is 798. The van der Waals surface area contributed by atoms with Gasteiger partial charge in [0, 0.05) is 17.0 Å². The van der Waals surface area contributed by atoms with Crippen LogP contribution in [0, 0.1) is 11.6 Å². The number of Topliss-reactive ketones (excluding diaryl/α,β-unsaturated/α-hetero) is 1. The van der Waals surface area contributed by atoms with E-state index in [9.17, 15) is 13.6 Å². The van der Waals surface area contributed by atoms with Gasteiger partial charge in [0.2, 0.25) is 0 Å². The van der Waals surface area contributed by atoms with Gasteiger partial charge < -0.3 is 9.47 Å². The molecule has 3 rings (SSSR count). The number of benzene rings is 2. The van der Waals surface area contributed by atoms with Gasteiger partial charge in [0.15, 0.2) is 17.3 Å². The highest BCUT2D eigenvalue weighted by atomic mass is 35.5. The lowest BCUT2D eigenvalue weighted by Gasteiger charge is -2.20. The largest absolute Gasteiger partial charge is 0.486 e. The Balaban J connectivity index is 1.81. The molecule has 0 spiro atoms. The number of carbonyl (C=O) groups is 1. The molecule has 3 nitrogen and oxygen atoms in total. The monoisotopic (exact) mass is 370 g/mol. The van der Waals surface area contributed by atoms with Gasteiger partial charge in [-0.2, -0.15) is 0 Å². The molecular formula is C17H13ClF2O3S. The van der Waals surface area contributed by atoms with Crippen molar-refractivity contribution < 1.29 is 23.0 Å². The third-order valence-corrected chi connectivity index (χ3v) is 5.05. The molecule has 0 saturated heterocycles. The summed E-state index contributed by atoms with van der Waals surface area (Å²) in [5.74, 6) is -0.927. The fraction of sp³-hybridized carbons (Fsp3) is 0.235. The summed E-state index contributed by atoms with van der Waals surface area (Å²) < 4.78 is 37.7. The number of carbonyl (C=O) groups excluding carboxylic acids is 1.